The Morgan fingerprint density at radius 3 is 2.66 bits per heavy atom. The summed E-state index contributed by atoms with van der Waals surface area (Å²) in [5, 5.41) is 2.62. The number of nitrogens with one attached hydrogen (secondary N) is 2. The van der Waals surface area contributed by atoms with Crippen LogP contribution in [0.5, 0.6) is 11.5 Å². The van der Waals surface area contributed by atoms with Crippen molar-refractivity contribution in [1.82, 2.24) is 14.9 Å². The molecule has 2 aliphatic rings. The van der Waals surface area contributed by atoms with E-state index in [1.54, 1.807) is 42.6 Å². The van der Waals surface area contributed by atoms with Gasteiger partial charge in [-0.1, -0.05) is 18.2 Å². The summed E-state index contributed by atoms with van der Waals surface area (Å²) in [7, 11) is 2.94. The van der Waals surface area contributed by atoms with Crippen LogP contribution in [0.3, 0.4) is 0 Å². The minimum atomic E-state index is -0.804. The maximum absolute atomic E-state index is 13.6. The van der Waals surface area contributed by atoms with Crippen LogP contribution in [0.25, 0.3) is 0 Å². The van der Waals surface area contributed by atoms with Gasteiger partial charge in [0.1, 0.15) is 12.7 Å². The van der Waals surface area contributed by atoms with Gasteiger partial charge < -0.3 is 19.4 Å². The number of aromatic amines is 1. The van der Waals surface area contributed by atoms with Crippen molar-refractivity contribution >= 4 is 29.4 Å². The molecule has 2 aromatic carbocycles. The summed E-state index contributed by atoms with van der Waals surface area (Å²) in [4.78, 5) is 49.4. The van der Waals surface area contributed by atoms with Gasteiger partial charge in [0.25, 0.3) is 11.8 Å². The van der Waals surface area contributed by atoms with Crippen molar-refractivity contribution in [3.8, 4) is 11.5 Å². The molecule has 3 aromatic rings. The smallest absolute Gasteiger partial charge is 0.264 e. The fourth-order valence-corrected chi connectivity index (χ4v) is 4.25. The molecule has 32 heavy (non-hydrogen) atoms. The second-order valence-corrected chi connectivity index (χ2v) is 7.25. The molecule has 1 aromatic heterocycles. The number of rotatable bonds is 5. The highest BCUT2D eigenvalue weighted by Crippen LogP contribution is 2.49. The molecule has 5 rings (SSSR count). The SMILES string of the molecule is COc1ccc2c(c1OC)C(=O)N1c3ccccc3C(=O)N(CC(=O)Nc3ncc[nH]3)[C@H]21. The quantitative estimate of drug-likeness (QED) is 0.637. The van der Waals surface area contributed by atoms with E-state index in [4.69, 9.17) is 9.47 Å². The predicted molar refractivity (Wildman–Crippen MR) is 114 cm³/mol. The minimum Gasteiger partial charge on any atom is -0.493 e. The molecular weight excluding hydrogens is 414 g/mol. The topological polar surface area (TPSA) is 117 Å². The van der Waals surface area contributed by atoms with Crippen molar-refractivity contribution in [2.24, 2.45) is 0 Å². The van der Waals surface area contributed by atoms with E-state index in [2.05, 4.69) is 15.3 Å². The highest BCUT2D eigenvalue weighted by Gasteiger charge is 2.50. The Hall–Kier alpha value is -4.34. The van der Waals surface area contributed by atoms with Gasteiger partial charge in [-0.2, -0.15) is 0 Å². The van der Waals surface area contributed by atoms with Crippen molar-refractivity contribution in [3.63, 3.8) is 0 Å². The molecular formula is C22H19N5O5. The van der Waals surface area contributed by atoms with Gasteiger partial charge in [-0.15, -0.1) is 0 Å². The predicted octanol–water partition coefficient (Wildman–Crippen LogP) is 2.18. The highest BCUT2D eigenvalue weighted by molar-refractivity contribution is 6.18. The molecule has 2 aliphatic heterocycles. The van der Waals surface area contributed by atoms with Gasteiger partial charge in [0, 0.05) is 18.0 Å². The number of carbonyl (C=O) groups is 3. The van der Waals surface area contributed by atoms with Crippen LogP contribution in [0.2, 0.25) is 0 Å². The van der Waals surface area contributed by atoms with Crippen LogP contribution in [0.1, 0.15) is 32.4 Å². The summed E-state index contributed by atoms with van der Waals surface area (Å²) in [5.74, 6) is -0.181. The zero-order valence-electron chi connectivity index (χ0n) is 17.3. The number of benzene rings is 2. The number of amides is 3. The number of methoxy groups -OCH3 is 2. The molecule has 3 amide bonds. The van der Waals surface area contributed by atoms with Crippen LogP contribution >= 0.6 is 0 Å². The number of aromatic nitrogens is 2. The molecule has 0 saturated heterocycles. The third-order valence-electron chi connectivity index (χ3n) is 5.55. The van der Waals surface area contributed by atoms with E-state index < -0.39 is 12.1 Å². The van der Waals surface area contributed by atoms with E-state index in [1.165, 1.54) is 30.2 Å². The first kappa shape index (κ1) is 19.6. The molecule has 3 heterocycles. The molecule has 0 fully saturated rings. The number of H-pyrrole nitrogens is 1. The lowest BCUT2D eigenvalue weighted by Crippen LogP contribution is -2.50. The Morgan fingerprint density at radius 2 is 1.94 bits per heavy atom. The molecule has 0 unspecified atom stereocenters. The number of fused-ring (bicyclic) bond motifs is 5. The molecule has 0 aliphatic carbocycles. The van der Waals surface area contributed by atoms with E-state index in [0.717, 1.165) is 0 Å². The maximum atomic E-state index is 13.6. The van der Waals surface area contributed by atoms with Gasteiger partial charge in [-0.05, 0) is 18.2 Å². The van der Waals surface area contributed by atoms with Crippen LogP contribution in [0, 0.1) is 0 Å². The van der Waals surface area contributed by atoms with Gasteiger partial charge in [-0.25, -0.2) is 4.98 Å². The molecule has 0 radical (unpaired) electrons. The van der Waals surface area contributed by atoms with E-state index in [1.807, 2.05) is 0 Å². The summed E-state index contributed by atoms with van der Waals surface area (Å²) in [6, 6.07) is 10.2. The van der Waals surface area contributed by atoms with E-state index >= 15 is 0 Å². The Labute approximate surface area is 182 Å². The second-order valence-electron chi connectivity index (χ2n) is 7.25. The van der Waals surface area contributed by atoms with Crippen LogP contribution in [-0.4, -0.2) is 53.4 Å². The lowest BCUT2D eigenvalue weighted by molar-refractivity contribution is -0.117. The second kappa shape index (κ2) is 7.41. The summed E-state index contributed by atoms with van der Waals surface area (Å²) in [5.41, 5.74) is 1.67. The number of nitrogens with zero attached hydrogens (tertiary/aromatic N) is 3. The van der Waals surface area contributed by atoms with Crippen LogP contribution in [0.15, 0.2) is 48.8 Å². The third kappa shape index (κ3) is 2.80. The summed E-state index contributed by atoms with van der Waals surface area (Å²) in [6.45, 7) is -0.282. The lowest BCUT2D eigenvalue weighted by atomic mass is 10.0. The fraction of sp³-hybridized carbons (Fsp3) is 0.182. The van der Waals surface area contributed by atoms with Crippen LogP contribution in [-0.2, 0) is 4.79 Å². The number of hydrogen-bond acceptors (Lipinski definition) is 6. The summed E-state index contributed by atoms with van der Waals surface area (Å²) >= 11 is 0. The number of anilines is 2. The first-order valence-corrected chi connectivity index (χ1v) is 9.82. The summed E-state index contributed by atoms with van der Waals surface area (Å²) < 4.78 is 10.8. The lowest BCUT2D eigenvalue weighted by Gasteiger charge is -2.40. The van der Waals surface area contributed by atoms with Gasteiger partial charge in [0.15, 0.2) is 11.5 Å². The fourth-order valence-electron chi connectivity index (χ4n) is 4.25. The summed E-state index contributed by atoms with van der Waals surface area (Å²) in [6.07, 6.45) is 2.28. The Bertz CT molecular complexity index is 1240. The Balaban J connectivity index is 1.62. The van der Waals surface area contributed by atoms with Crippen molar-refractivity contribution < 1.29 is 23.9 Å². The molecule has 162 valence electrons. The first-order chi connectivity index (χ1) is 15.5. The van der Waals surface area contributed by atoms with Crippen LogP contribution < -0.4 is 19.7 Å². The monoisotopic (exact) mass is 433 g/mol. The standard InChI is InChI=1S/C22H19N5O5/c1-31-15-8-7-13-17(18(15)32-2)21(30)27-14-6-4-3-5-12(14)20(29)26(19(13)27)11-16(28)25-22-23-9-10-24-22/h3-10,19H,11H2,1-2H3,(H2,23,24,25,28)/t19-/m0/s1. The third-order valence-corrected chi connectivity index (χ3v) is 5.55. The van der Waals surface area contributed by atoms with Gasteiger partial charge in [0.2, 0.25) is 11.9 Å². The molecule has 1 atom stereocenters. The zero-order chi connectivity index (χ0) is 22.4. The number of hydrogen-bond donors (Lipinski definition) is 2. The Morgan fingerprint density at radius 1 is 1.12 bits per heavy atom. The average Bonchev–Trinajstić information content (AvgIpc) is 3.42. The van der Waals surface area contributed by atoms with Crippen molar-refractivity contribution in [2.45, 2.75) is 6.17 Å². The largest absolute Gasteiger partial charge is 0.493 e. The van der Waals surface area contributed by atoms with Gasteiger partial charge in [-0.3, -0.25) is 24.6 Å². The number of imidazole rings is 1. The van der Waals surface area contributed by atoms with Crippen molar-refractivity contribution in [1.29, 1.82) is 0 Å². The normalized spacial score (nSPS) is 16.4. The Kier molecular flexibility index (Phi) is 4.54. The molecule has 0 spiro atoms. The van der Waals surface area contributed by atoms with Crippen molar-refractivity contribution in [2.75, 3.05) is 31.0 Å². The highest BCUT2D eigenvalue weighted by atomic mass is 16.5. The average molecular weight is 433 g/mol. The minimum absolute atomic E-state index is 0.269. The van der Waals surface area contributed by atoms with Gasteiger partial charge in [0.05, 0.1) is 31.0 Å². The van der Waals surface area contributed by atoms with E-state index in [9.17, 15) is 14.4 Å². The molecule has 10 heteroatoms. The molecule has 2 N–H and O–H groups in total. The zero-order valence-corrected chi connectivity index (χ0v) is 17.3. The number of carbonyl (C=O) groups excluding carboxylic acids is 3. The van der Waals surface area contributed by atoms with Gasteiger partial charge >= 0.3 is 0 Å². The number of ether oxygens (including phenoxy) is 2. The van der Waals surface area contributed by atoms with E-state index in [0.29, 0.717) is 28.1 Å². The van der Waals surface area contributed by atoms with Crippen LogP contribution in [0.4, 0.5) is 11.6 Å². The molecule has 0 saturated carbocycles. The maximum Gasteiger partial charge on any atom is 0.264 e. The molecule has 10 nitrogen and oxygen atoms in total. The number of para-hydroxylation sites is 1. The van der Waals surface area contributed by atoms with E-state index in [-0.39, 0.29) is 30.1 Å². The van der Waals surface area contributed by atoms with Crippen molar-refractivity contribution in [3.05, 3.63) is 65.5 Å². The molecule has 0 bridgehead atoms. The first-order valence-electron chi connectivity index (χ1n) is 9.82.